The Morgan fingerprint density at radius 3 is 2.58 bits per heavy atom. The van der Waals surface area contributed by atoms with Crippen LogP contribution in [-0.2, 0) is 16.1 Å². The van der Waals surface area contributed by atoms with Crippen molar-refractivity contribution in [1.82, 2.24) is 19.7 Å². The zero-order valence-corrected chi connectivity index (χ0v) is 15.5. The van der Waals surface area contributed by atoms with Crippen LogP contribution in [0.4, 0.5) is 0 Å². The normalized spacial score (nSPS) is 11.9. The highest BCUT2D eigenvalue weighted by atomic mass is 32.2. The molecule has 0 saturated heterocycles. The van der Waals surface area contributed by atoms with Gasteiger partial charge in [-0.05, 0) is 31.5 Å². The van der Waals surface area contributed by atoms with E-state index in [9.17, 15) is 4.79 Å². The molecule has 0 aliphatic rings. The molecule has 0 fully saturated rings. The van der Waals surface area contributed by atoms with Crippen LogP contribution in [0.1, 0.15) is 19.4 Å². The molecule has 0 spiro atoms. The van der Waals surface area contributed by atoms with Crippen LogP contribution in [0.25, 0.3) is 11.4 Å². The molecule has 0 bridgehead atoms. The number of esters is 1. The highest BCUT2D eigenvalue weighted by molar-refractivity contribution is 8.00. The molecule has 3 aromatic rings. The van der Waals surface area contributed by atoms with Gasteiger partial charge >= 0.3 is 5.97 Å². The van der Waals surface area contributed by atoms with Crippen LogP contribution in [0, 0.1) is 0 Å². The number of carbonyl (C=O) groups excluding carboxylic acids is 1. The summed E-state index contributed by atoms with van der Waals surface area (Å²) in [5.74, 6) is 0.493. The minimum absolute atomic E-state index is 0.253. The highest BCUT2D eigenvalue weighted by Gasteiger charge is 2.21. The smallest absolute Gasteiger partial charge is 0.319 e. The van der Waals surface area contributed by atoms with Gasteiger partial charge in [-0.25, -0.2) is 0 Å². The zero-order chi connectivity index (χ0) is 18.4. The Bertz CT molecular complexity index is 852. The van der Waals surface area contributed by atoms with Gasteiger partial charge in [0.2, 0.25) is 0 Å². The first kappa shape index (κ1) is 18.1. The molecule has 0 N–H and O–H groups in total. The van der Waals surface area contributed by atoms with Crippen LogP contribution >= 0.6 is 11.8 Å². The SMILES string of the molecule is CCOC(=O)[C@@H](C)Sc1nnc(-c2ccncc2)n1Cc1ccccc1. The summed E-state index contributed by atoms with van der Waals surface area (Å²) in [4.78, 5) is 16.0. The van der Waals surface area contributed by atoms with Crippen molar-refractivity contribution in [3.05, 3.63) is 60.4 Å². The van der Waals surface area contributed by atoms with E-state index in [4.69, 9.17) is 4.74 Å². The van der Waals surface area contributed by atoms with Crippen molar-refractivity contribution < 1.29 is 9.53 Å². The summed E-state index contributed by atoms with van der Waals surface area (Å²) in [6, 6.07) is 13.9. The average Bonchev–Trinajstić information content (AvgIpc) is 3.05. The van der Waals surface area contributed by atoms with Crippen LogP contribution in [-0.4, -0.2) is 37.6 Å². The molecule has 7 heteroatoms. The quantitative estimate of drug-likeness (QED) is 0.470. The molecule has 3 rings (SSSR count). The van der Waals surface area contributed by atoms with Gasteiger partial charge in [-0.15, -0.1) is 10.2 Å². The van der Waals surface area contributed by atoms with Gasteiger partial charge in [0.1, 0.15) is 5.25 Å². The van der Waals surface area contributed by atoms with E-state index in [-0.39, 0.29) is 11.2 Å². The Kier molecular flexibility index (Phi) is 6.01. The summed E-state index contributed by atoms with van der Waals surface area (Å²) in [6.07, 6.45) is 3.45. The zero-order valence-electron chi connectivity index (χ0n) is 14.7. The first-order valence-electron chi connectivity index (χ1n) is 8.40. The summed E-state index contributed by atoms with van der Waals surface area (Å²) in [6.45, 7) is 4.59. The van der Waals surface area contributed by atoms with Crippen LogP contribution in [0.15, 0.2) is 60.0 Å². The second-order valence-electron chi connectivity index (χ2n) is 5.63. The topological polar surface area (TPSA) is 69.9 Å². The molecular formula is C19H20N4O2S. The summed E-state index contributed by atoms with van der Waals surface area (Å²) >= 11 is 1.35. The second-order valence-corrected chi connectivity index (χ2v) is 6.93. The summed E-state index contributed by atoms with van der Waals surface area (Å²) in [7, 11) is 0. The lowest BCUT2D eigenvalue weighted by Gasteiger charge is -2.13. The van der Waals surface area contributed by atoms with Crippen LogP contribution < -0.4 is 0 Å². The Morgan fingerprint density at radius 2 is 1.88 bits per heavy atom. The Hall–Kier alpha value is -2.67. The van der Waals surface area contributed by atoms with Gasteiger partial charge < -0.3 is 4.74 Å². The van der Waals surface area contributed by atoms with Gasteiger partial charge in [-0.3, -0.25) is 14.3 Å². The van der Waals surface area contributed by atoms with Gasteiger partial charge in [0, 0.05) is 18.0 Å². The molecule has 0 radical (unpaired) electrons. The number of benzene rings is 1. The highest BCUT2D eigenvalue weighted by Crippen LogP contribution is 2.28. The molecule has 6 nitrogen and oxygen atoms in total. The number of nitrogens with zero attached hydrogens (tertiary/aromatic N) is 4. The molecule has 0 amide bonds. The number of hydrogen-bond acceptors (Lipinski definition) is 6. The lowest BCUT2D eigenvalue weighted by atomic mass is 10.2. The lowest BCUT2D eigenvalue weighted by molar-refractivity contribution is -0.142. The van der Waals surface area contributed by atoms with Crippen molar-refractivity contribution in [2.45, 2.75) is 30.8 Å². The molecule has 26 heavy (non-hydrogen) atoms. The van der Waals surface area contributed by atoms with E-state index in [1.807, 2.05) is 41.8 Å². The maximum atomic E-state index is 12.0. The Morgan fingerprint density at radius 1 is 1.15 bits per heavy atom. The number of ether oxygens (including phenoxy) is 1. The largest absolute Gasteiger partial charge is 0.465 e. The predicted molar refractivity (Wildman–Crippen MR) is 101 cm³/mol. The van der Waals surface area contributed by atoms with Crippen molar-refractivity contribution in [3.8, 4) is 11.4 Å². The first-order valence-corrected chi connectivity index (χ1v) is 9.27. The number of hydrogen-bond donors (Lipinski definition) is 0. The van der Waals surface area contributed by atoms with Gasteiger partial charge in [0.25, 0.3) is 0 Å². The lowest BCUT2D eigenvalue weighted by Crippen LogP contribution is -2.17. The second kappa shape index (κ2) is 8.62. The van der Waals surface area contributed by atoms with E-state index in [0.29, 0.717) is 18.3 Å². The monoisotopic (exact) mass is 368 g/mol. The third kappa shape index (κ3) is 4.29. The summed E-state index contributed by atoms with van der Waals surface area (Å²) < 4.78 is 7.12. The van der Waals surface area contributed by atoms with Crippen molar-refractivity contribution >= 4 is 17.7 Å². The van der Waals surface area contributed by atoms with E-state index in [2.05, 4.69) is 27.3 Å². The summed E-state index contributed by atoms with van der Waals surface area (Å²) in [5, 5.41) is 8.99. The molecule has 0 saturated carbocycles. The maximum Gasteiger partial charge on any atom is 0.319 e. The van der Waals surface area contributed by atoms with E-state index in [1.165, 1.54) is 11.8 Å². The van der Waals surface area contributed by atoms with Crippen molar-refractivity contribution in [2.75, 3.05) is 6.61 Å². The number of pyridine rings is 1. The molecule has 134 valence electrons. The van der Waals surface area contributed by atoms with E-state index in [1.54, 1.807) is 19.3 Å². The fourth-order valence-corrected chi connectivity index (χ4v) is 3.31. The maximum absolute atomic E-state index is 12.0. The molecular weight excluding hydrogens is 348 g/mol. The fraction of sp³-hybridized carbons (Fsp3) is 0.263. The van der Waals surface area contributed by atoms with Crippen LogP contribution in [0.5, 0.6) is 0 Å². The van der Waals surface area contributed by atoms with E-state index < -0.39 is 0 Å². The van der Waals surface area contributed by atoms with Crippen molar-refractivity contribution in [3.63, 3.8) is 0 Å². The summed E-state index contributed by atoms with van der Waals surface area (Å²) in [5.41, 5.74) is 2.06. The van der Waals surface area contributed by atoms with E-state index in [0.717, 1.165) is 17.0 Å². The van der Waals surface area contributed by atoms with Crippen LogP contribution in [0.2, 0.25) is 0 Å². The predicted octanol–water partition coefficient (Wildman–Crippen LogP) is 3.43. The number of thioether (sulfide) groups is 1. The standard InChI is InChI=1S/C19H20N4O2S/c1-3-25-18(24)14(2)26-19-22-21-17(16-9-11-20-12-10-16)23(19)13-15-7-5-4-6-8-15/h4-12,14H,3,13H2,1-2H3/t14-/m1/s1. The minimum Gasteiger partial charge on any atom is -0.465 e. The molecule has 0 aliphatic heterocycles. The minimum atomic E-state index is -0.362. The molecule has 2 heterocycles. The molecule has 1 atom stereocenters. The van der Waals surface area contributed by atoms with Crippen molar-refractivity contribution in [1.29, 1.82) is 0 Å². The Labute approximate surface area is 156 Å². The van der Waals surface area contributed by atoms with Gasteiger partial charge in [-0.1, -0.05) is 42.1 Å². The third-order valence-corrected chi connectivity index (χ3v) is 4.80. The average molecular weight is 368 g/mol. The third-order valence-electron chi connectivity index (χ3n) is 3.74. The van der Waals surface area contributed by atoms with E-state index >= 15 is 0 Å². The molecule has 1 aromatic carbocycles. The van der Waals surface area contributed by atoms with Crippen LogP contribution in [0.3, 0.4) is 0 Å². The first-order chi connectivity index (χ1) is 12.7. The van der Waals surface area contributed by atoms with Gasteiger partial charge in [0.05, 0.1) is 13.2 Å². The fourth-order valence-electron chi connectivity index (χ4n) is 2.46. The molecule has 0 unspecified atom stereocenters. The molecule has 2 aromatic heterocycles. The van der Waals surface area contributed by atoms with Gasteiger partial charge in [-0.2, -0.15) is 0 Å². The molecule has 0 aliphatic carbocycles. The number of aromatic nitrogens is 4. The Balaban J connectivity index is 1.94. The number of rotatable bonds is 7. The number of carbonyl (C=O) groups is 1. The van der Waals surface area contributed by atoms with Crippen molar-refractivity contribution in [2.24, 2.45) is 0 Å². The van der Waals surface area contributed by atoms with Gasteiger partial charge in [0.15, 0.2) is 11.0 Å².